The molecule has 0 unspecified atom stereocenters. The van der Waals surface area contributed by atoms with Crippen LogP contribution in [-0.4, -0.2) is 16.6 Å². The first-order chi connectivity index (χ1) is 12.1. The number of nitrogen functional groups attached to an aromatic ring is 2. The first-order valence-corrected chi connectivity index (χ1v) is 8.06. The van der Waals surface area contributed by atoms with Gasteiger partial charge < -0.3 is 16.2 Å². The number of benzene rings is 2. The zero-order valence-corrected chi connectivity index (χ0v) is 16.2. The number of nitrogens with two attached hydrogens (primary N) is 2. The van der Waals surface area contributed by atoms with Crippen LogP contribution in [-0.2, 0) is 6.42 Å². The molecular weight excluding hydrogens is 387 g/mol. The number of aromatic amines is 1. The second kappa shape index (κ2) is 10.4. The summed E-state index contributed by atoms with van der Waals surface area (Å²) in [5, 5.41) is 0. The maximum absolute atomic E-state index is 12.3. The summed E-state index contributed by atoms with van der Waals surface area (Å²) in [6.07, 6.45) is 1.22. The standard InChI is InChI=1S/C19H20N4O2.2ClH/c20-14-8-10-15(11-9-14)25-12-4-7-16-17(13-5-2-1-3-6-13)22-19(21)23-18(16)24;;/h1-3,5-6,8-11H,4,7,12,20H2,(H3,21,22,23,24);2*1H. The Kier molecular flexibility index (Phi) is 8.65. The maximum Gasteiger partial charge on any atom is 0.256 e. The van der Waals surface area contributed by atoms with E-state index in [9.17, 15) is 4.79 Å². The van der Waals surface area contributed by atoms with Crippen molar-refractivity contribution in [3.63, 3.8) is 0 Å². The van der Waals surface area contributed by atoms with E-state index in [4.69, 9.17) is 16.2 Å². The molecule has 6 nitrogen and oxygen atoms in total. The Morgan fingerprint density at radius 3 is 2.30 bits per heavy atom. The average molecular weight is 409 g/mol. The fourth-order valence-corrected chi connectivity index (χ4v) is 2.58. The lowest BCUT2D eigenvalue weighted by molar-refractivity contribution is 0.311. The molecule has 2 aromatic carbocycles. The Hall–Kier alpha value is -2.70. The van der Waals surface area contributed by atoms with Crippen molar-refractivity contribution in [2.75, 3.05) is 18.1 Å². The molecule has 0 saturated heterocycles. The number of rotatable bonds is 6. The number of aromatic nitrogens is 2. The molecule has 5 N–H and O–H groups in total. The predicted molar refractivity (Wildman–Crippen MR) is 114 cm³/mol. The molecule has 27 heavy (non-hydrogen) atoms. The number of nitrogens with one attached hydrogen (secondary N) is 1. The number of nitrogens with zero attached hydrogens (tertiary/aromatic N) is 1. The predicted octanol–water partition coefficient (Wildman–Crippen LogP) is 3.46. The van der Waals surface area contributed by atoms with Crippen LogP contribution < -0.4 is 21.8 Å². The number of hydrogen-bond acceptors (Lipinski definition) is 5. The average Bonchev–Trinajstić information content (AvgIpc) is 2.62. The second-order valence-corrected chi connectivity index (χ2v) is 5.67. The molecule has 0 aliphatic carbocycles. The van der Waals surface area contributed by atoms with Crippen molar-refractivity contribution in [1.29, 1.82) is 0 Å². The Balaban J connectivity index is 0.00000182. The summed E-state index contributed by atoms with van der Waals surface area (Å²) in [7, 11) is 0. The van der Waals surface area contributed by atoms with E-state index in [-0.39, 0.29) is 36.3 Å². The molecule has 0 radical (unpaired) electrons. The zero-order valence-electron chi connectivity index (χ0n) is 14.6. The van der Waals surface area contributed by atoms with Gasteiger partial charge in [0.25, 0.3) is 5.56 Å². The lowest BCUT2D eigenvalue weighted by Gasteiger charge is -2.10. The van der Waals surface area contributed by atoms with Crippen LogP contribution in [0.5, 0.6) is 5.75 Å². The van der Waals surface area contributed by atoms with Gasteiger partial charge in [-0.25, -0.2) is 4.98 Å². The number of anilines is 2. The van der Waals surface area contributed by atoms with E-state index in [1.165, 1.54) is 0 Å². The van der Waals surface area contributed by atoms with Gasteiger partial charge in [0.05, 0.1) is 12.3 Å². The highest BCUT2D eigenvalue weighted by atomic mass is 35.5. The maximum atomic E-state index is 12.3. The van der Waals surface area contributed by atoms with Crippen molar-refractivity contribution in [3.8, 4) is 17.0 Å². The second-order valence-electron chi connectivity index (χ2n) is 5.67. The van der Waals surface area contributed by atoms with Crippen LogP contribution in [0.4, 0.5) is 11.6 Å². The highest BCUT2D eigenvalue weighted by molar-refractivity contribution is 5.85. The lowest BCUT2D eigenvalue weighted by Crippen LogP contribution is -2.19. The molecule has 3 aromatic rings. The summed E-state index contributed by atoms with van der Waals surface area (Å²) in [4.78, 5) is 19.2. The van der Waals surface area contributed by atoms with Gasteiger partial charge in [-0.1, -0.05) is 30.3 Å². The Bertz CT molecular complexity index is 900. The lowest BCUT2D eigenvalue weighted by atomic mass is 10.0. The highest BCUT2D eigenvalue weighted by Crippen LogP contribution is 2.21. The quantitative estimate of drug-likeness (QED) is 0.427. The molecule has 8 heteroatoms. The van der Waals surface area contributed by atoms with Gasteiger partial charge in [0.1, 0.15) is 5.75 Å². The summed E-state index contributed by atoms with van der Waals surface area (Å²) >= 11 is 0. The minimum absolute atomic E-state index is 0. The van der Waals surface area contributed by atoms with Crippen molar-refractivity contribution < 1.29 is 4.74 Å². The van der Waals surface area contributed by atoms with E-state index < -0.39 is 0 Å². The fourth-order valence-electron chi connectivity index (χ4n) is 2.58. The minimum Gasteiger partial charge on any atom is -0.494 e. The van der Waals surface area contributed by atoms with E-state index >= 15 is 0 Å². The van der Waals surface area contributed by atoms with E-state index in [0.29, 0.717) is 36.4 Å². The van der Waals surface area contributed by atoms with Gasteiger partial charge in [-0.2, -0.15) is 0 Å². The van der Waals surface area contributed by atoms with Gasteiger partial charge in [0.2, 0.25) is 5.95 Å². The van der Waals surface area contributed by atoms with Gasteiger partial charge in [0.15, 0.2) is 0 Å². The first-order valence-electron chi connectivity index (χ1n) is 8.06. The van der Waals surface area contributed by atoms with E-state index in [1.54, 1.807) is 12.1 Å². The largest absolute Gasteiger partial charge is 0.494 e. The minimum atomic E-state index is -0.209. The molecular formula is C19H22Cl2N4O2. The topological polar surface area (TPSA) is 107 Å². The van der Waals surface area contributed by atoms with Crippen molar-refractivity contribution in [1.82, 2.24) is 9.97 Å². The number of halogens is 2. The molecule has 0 amide bonds. The summed E-state index contributed by atoms with van der Waals surface area (Å²) in [5.41, 5.74) is 13.9. The van der Waals surface area contributed by atoms with Crippen molar-refractivity contribution in [2.45, 2.75) is 12.8 Å². The fraction of sp³-hybridized carbons (Fsp3) is 0.158. The third-order valence-electron chi connectivity index (χ3n) is 3.80. The van der Waals surface area contributed by atoms with Crippen LogP contribution in [0.2, 0.25) is 0 Å². The third kappa shape index (κ3) is 5.91. The van der Waals surface area contributed by atoms with Crippen molar-refractivity contribution >= 4 is 36.4 Å². The number of hydrogen-bond donors (Lipinski definition) is 3. The van der Waals surface area contributed by atoms with Crippen LogP contribution in [0, 0.1) is 0 Å². The van der Waals surface area contributed by atoms with Gasteiger partial charge in [0, 0.05) is 16.8 Å². The van der Waals surface area contributed by atoms with Crippen LogP contribution in [0.25, 0.3) is 11.3 Å². The van der Waals surface area contributed by atoms with Crippen molar-refractivity contribution in [2.24, 2.45) is 0 Å². The molecule has 0 atom stereocenters. The molecule has 1 aromatic heterocycles. The van der Waals surface area contributed by atoms with E-state index in [2.05, 4.69) is 9.97 Å². The molecule has 1 heterocycles. The third-order valence-corrected chi connectivity index (χ3v) is 3.80. The van der Waals surface area contributed by atoms with Gasteiger partial charge in [-0.05, 0) is 37.1 Å². The Morgan fingerprint density at radius 2 is 1.63 bits per heavy atom. The molecule has 0 spiro atoms. The number of ether oxygens (including phenoxy) is 1. The summed E-state index contributed by atoms with van der Waals surface area (Å²) in [5.74, 6) is 0.868. The van der Waals surface area contributed by atoms with E-state index in [0.717, 1.165) is 11.3 Å². The molecule has 0 aliphatic heterocycles. The molecule has 0 saturated carbocycles. The Labute approximate surface area is 169 Å². The van der Waals surface area contributed by atoms with Crippen LogP contribution in [0.1, 0.15) is 12.0 Å². The van der Waals surface area contributed by atoms with E-state index in [1.807, 2.05) is 42.5 Å². The zero-order chi connectivity index (χ0) is 17.6. The van der Waals surface area contributed by atoms with Crippen LogP contribution >= 0.6 is 24.8 Å². The monoisotopic (exact) mass is 408 g/mol. The molecule has 0 fully saturated rings. The Morgan fingerprint density at radius 1 is 0.963 bits per heavy atom. The summed E-state index contributed by atoms with van der Waals surface area (Å²) in [6.45, 7) is 0.488. The molecule has 0 aliphatic rings. The SMILES string of the molecule is Cl.Cl.Nc1ccc(OCCCc2c(-c3ccccc3)nc(N)[nH]c2=O)cc1. The summed E-state index contributed by atoms with van der Waals surface area (Å²) < 4.78 is 5.68. The van der Waals surface area contributed by atoms with Crippen LogP contribution in [0.3, 0.4) is 0 Å². The first kappa shape index (κ1) is 22.3. The van der Waals surface area contributed by atoms with Gasteiger partial charge >= 0.3 is 0 Å². The molecule has 144 valence electrons. The van der Waals surface area contributed by atoms with Crippen LogP contribution in [0.15, 0.2) is 59.4 Å². The van der Waals surface area contributed by atoms with Crippen molar-refractivity contribution in [3.05, 3.63) is 70.5 Å². The number of H-pyrrole nitrogens is 1. The van der Waals surface area contributed by atoms with Gasteiger partial charge in [-0.15, -0.1) is 24.8 Å². The smallest absolute Gasteiger partial charge is 0.256 e. The molecule has 3 rings (SSSR count). The summed E-state index contributed by atoms with van der Waals surface area (Å²) in [6, 6.07) is 16.8. The van der Waals surface area contributed by atoms with Gasteiger partial charge in [-0.3, -0.25) is 9.78 Å². The highest BCUT2D eigenvalue weighted by Gasteiger charge is 2.12. The normalized spacial score (nSPS) is 9.78. The molecule has 0 bridgehead atoms.